The van der Waals surface area contributed by atoms with Crippen LogP contribution in [0.4, 0.5) is 5.69 Å². The number of aromatic nitrogens is 4. The van der Waals surface area contributed by atoms with Crippen molar-refractivity contribution in [2.45, 2.75) is 13.8 Å². The molecule has 2 aromatic heterocycles. The van der Waals surface area contributed by atoms with Crippen molar-refractivity contribution >= 4 is 5.69 Å². The van der Waals surface area contributed by atoms with Gasteiger partial charge in [0.25, 0.3) is 5.89 Å². The lowest BCUT2D eigenvalue weighted by atomic mass is 10.0. The molecule has 0 saturated heterocycles. The van der Waals surface area contributed by atoms with Gasteiger partial charge in [-0.05, 0) is 37.1 Å². The van der Waals surface area contributed by atoms with Gasteiger partial charge < -0.3 is 10.3 Å². The van der Waals surface area contributed by atoms with Crippen molar-refractivity contribution in [1.29, 1.82) is 0 Å². The number of nitrogen functional groups attached to an aromatic ring is 1. The topological polar surface area (TPSA) is 90.7 Å². The number of nitrogens with two attached hydrogens (primary N) is 1. The van der Waals surface area contributed by atoms with E-state index in [0.717, 1.165) is 16.7 Å². The van der Waals surface area contributed by atoms with Crippen molar-refractivity contribution in [3.05, 3.63) is 41.9 Å². The second-order valence-electron chi connectivity index (χ2n) is 4.56. The molecule has 0 aliphatic heterocycles. The highest BCUT2D eigenvalue weighted by atomic mass is 16.5. The maximum atomic E-state index is 6.08. The molecule has 0 amide bonds. The van der Waals surface area contributed by atoms with Gasteiger partial charge in [0.05, 0.1) is 5.56 Å². The third kappa shape index (κ3) is 2.11. The third-order valence-corrected chi connectivity index (χ3v) is 3.00. The van der Waals surface area contributed by atoms with Gasteiger partial charge in [0, 0.05) is 11.9 Å². The maximum absolute atomic E-state index is 6.08. The van der Waals surface area contributed by atoms with Crippen molar-refractivity contribution in [2.75, 3.05) is 5.73 Å². The van der Waals surface area contributed by atoms with Crippen molar-refractivity contribution in [3.8, 4) is 23.0 Å². The van der Waals surface area contributed by atoms with Gasteiger partial charge in [0.2, 0.25) is 5.82 Å². The SMILES string of the molecule is Cc1cc(C)c(N)c(-c2nc(-c3ccncn3)no2)c1. The molecule has 6 nitrogen and oxygen atoms in total. The molecule has 0 saturated carbocycles. The summed E-state index contributed by atoms with van der Waals surface area (Å²) in [5, 5.41) is 3.93. The summed E-state index contributed by atoms with van der Waals surface area (Å²) in [5.41, 5.74) is 10.2. The second kappa shape index (κ2) is 4.73. The number of hydrogen-bond acceptors (Lipinski definition) is 6. The monoisotopic (exact) mass is 267 g/mol. The summed E-state index contributed by atoms with van der Waals surface area (Å²) < 4.78 is 5.29. The van der Waals surface area contributed by atoms with E-state index in [1.165, 1.54) is 6.33 Å². The van der Waals surface area contributed by atoms with Crippen LogP contribution in [0, 0.1) is 13.8 Å². The van der Waals surface area contributed by atoms with E-state index in [4.69, 9.17) is 10.3 Å². The predicted octanol–water partition coefficient (Wildman–Crippen LogP) is 2.39. The zero-order chi connectivity index (χ0) is 14.1. The molecule has 0 unspecified atom stereocenters. The molecule has 20 heavy (non-hydrogen) atoms. The molecule has 3 rings (SSSR count). The Labute approximate surface area is 115 Å². The fraction of sp³-hybridized carbons (Fsp3) is 0.143. The Morgan fingerprint density at radius 2 is 2.05 bits per heavy atom. The molecule has 2 N–H and O–H groups in total. The summed E-state index contributed by atoms with van der Waals surface area (Å²) in [7, 11) is 0. The lowest BCUT2D eigenvalue weighted by Gasteiger charge is -2.06. The van der Waals surface area contributed by atoms with Gasteiger partial charge in [0.15, 0.2) is 0 Å². The zero-order valence-electron chi connectivity index (χ0n) is 11.2. The Hall–Kier alpha value is -2.76. The van der Waals surface area contributed by atoms with Gasteiger partial charge in [-0.2, -0.15) is 4.98 Å². The molecule has 3 aromatic rings. The van der Waals surface area contributed by atoms with Crippen LogP contribution in [0.3, 0.4) is 0 Å². The van der Waals surface area contributed by atoms with Crippen LogP contribution in [0.25, 0.3) is 23.0 Å². The number of benzene rings is 1. The van der Waals surface area contributed by atoms with Crippen molar-refractivity contribution < 1.29 is 4.52 Å². The van der Waals surface area contributed by atoms with Crippen LogP contribution < -0.4 is 5.73 Å². The fourth-order valence-electron chi connectivity index (χ4n) is 2.02. The van der Waals surface area contributed by atoms with Crippen LogP contribution in [-0.2, 0) is 0 Å². The van der Waals surface area contributed by atoms with Gasteiger partial charge in [-0.3, -0.25) is 0 Å². The van der Waals surface area contributed by atoms with E-state index < -0.39 is 0 Å². The second-order valence-corrected chi connectivity index (χ2v) is 4.56. The van der Waals surface area contributed by atoms with Crippen LogP contribution in [0.1, 0.15) is 11.1 Å². The highest BCUT2D eigenvalue weighted by Crippen LogP contribution is 2.29. The van der Waals surface area contributed by atoms with E-state index in [1.807, 2.05) is 26.0 Å². The lowest BCUT2D eigenvalue weighted by Crippen LogP contribution is -1.95. The minimum atomic E-state index is 0.392. The fourth-order valence-corrected chi connectivity index (χ4v) is 2.02. The van der Waals surface area contributed by atoms with Crippen LogP contribution in [-0.4, -0.2) is 20.1 Å². The molecule has 0 spiro atoms. The van der Waals surface area contributed by atoms with E-state index in [1.54, 1.807) is 12.3 Å². The summed E-state index contributed by atoms with van der Waals surface area (Å²) in [6, 6.07) is 5.67. The van der Waals surface area contributed by atoms with Crippen LogP contribution in [0.2, 0.25) is 0 Å². The van der Waals surface area contributed by atoms with Crippen LogP contribution in [0.5, 0.6) is 0 Å². The first kappa shape index (κ1) is 12.3. The lowest BCUT2D eigenvalue weighted by molar-refractivity contribution is 0.432. The van der Waals surface area contributed by atoms with E-state index >= 15 is 0 Å². The van der Waals surface area contributed by atoms with Crippen molar-refractivity contribution in [2.24, 2.45) is 0 Å². The zero-order valence-corrected chi connectivity index (χ0v) is 11.2. The molecular weight excluding hydrogens is 254 g/mol. The van der Waals surface area contributed by atoms with Gasteiger partial charge in [-0.1, -0.05) is 11.2 Å². The molecule has 2 heterocycles. The Bertz CT molecular complexity index is 752. The first-order valence-electron chi connectivity index (χ1n) is 6.12. The number of aryl methyl sites for hydroxylation is 2. The minimum Gasteiger partial charge on any atom is -0.398 e. The maximum Gasteiger partial charge on any atom is 0.260 e. The Morgan fingerprint density at radius 1 is 1.20 bits per heavy atom. The standard InChI is InChI=1S/C14H13N5O/c1-8-5-9(2)12(15)10(6-8)14-18-13(19-20-14)11-3-4-16-7-17-11/h3-7H,15H2,1-2H3. The molecular formula is C14H13N5O. The number of rotatable bonds is 2. The summed E-state index contributed by atoms with van der Waals surface area (Å²) in [6.07, 6.45) is 3.07. The van der Waals surface area contributed by atoms with E-state index in [-0.39, 0.29) is 0 Å². The molecule has 100 valence electrons. The first-order chi connectivity index (χ1) is 9.65. The molecule has 0 atom stereocenters. The van der Waals surface area contributed by atoms with Gasteiger partial charge in [-0.25, -0.2) is 9.97 Å². The van der Waals surface area contributed by atoms with Crippen LogP contribution in [0.15, 0.2) is 35.2 Å². The largest absolute Gasteiger partial charge is 0.398 e. The van der Waals surface area contributed by atoms with Gasteiger partial charge in [-0.15, -0.1) is 0 Å². The quantitative estimate of drug-likeness (QED) is 0.717. The van der Waals surface area contributed by atoms with Gasteiger partial charge >= 0.3 is 0 Å². The van der Waals surface area contributed by atoms with Crippen LogP contribution >= 0.6 is 0 Å². The molecule has 0 fully saturated rings. The van der Waals surface area contributed by atoms with E-state index in [0.29, 0.717) is 23.1 Å². The van der Waals surface area contributed by atoms with E-state index in [9.17, 15) is 0 Å². The summed E-state index contributed by atoms with van der Waals surface area (Å²) in [5.74, 6) is 0.809. The molecule has 0 bridgehead atoms. The Kier molecular flexibility index (Phi) is 2.90. The minimum absolute atomic E-state index is 0.392. The number of hydrogen-bond donors (Lipinski definition) is 1. The number of anilines is 1. The highest BCUT2D eigenvalue weighted by molar-refractivity contribution is 5.74. The highest BCUT2D eigenvalue weighted by Gasteiger charge is 2.15. The molecule has 6 heteroatoms. The Balaban J connectivity index is 2.07. The van der Waals surface area contributed by atoms with Crippen molar-refractivity contribution in [3.63, 3.8) is 0 Å². The first-order valence-corrected chi connectivity index (χ1v) is 6.12. The molecule has 0 aliphatic rings. The molecule has 0 radical (unpaired) electrons. The van der Waals surface area contributed by atoms with Crippen molar-refractivity contribution in [1.82, 2.24) is 20.1 Å². The average Bonchev–Trinajstić information content (AvgIpc) is 2.93. The predicted molar refractivity (Wildman–Crippen MR) is 74.6 cm³/mol. The normalized spacial score (nSPS) is 10.7. The average molecular weight is 267 g/mol. The molecule has 0 aliphatic carbocycles. The Morgan fingerprint density at radius 3 is 2.80 bits per heavy atom. The summed E-state index contributed by atoms with van der Waals surface area (Å²) in [4.78, 5) is 12.3. The number of nitrogens with zero attached hydrogens (tertiary/aromatic N) is 4. The third-order valence-electron chi connectivity index (χ3n) is 3.00. The smallest absolute Gasteiger partial charge is 0.260 e. The van der Waals surface area contributed by atoms with E-state index in [2.05, 4.69) is 20.1 Å². The summed E-state index contributed by atoms with van der Waals surface area (Å²) in [6.45, 7) is 3.95. The van der Waals surface area contributed by atoms with Gasteiger partial charge in [0.1, 0.15) is 12.0 Å². The molecule has 1 aromatic carbocycles. The summed E-state index contributed by atoms with van der Waals surface area (Å²) >= 11 is 0.